The van der Waals surface area contributed by atoms with Gasteiger partial charge in [-0.3, -0.25) is 4.84 Å². The van der Waals surface area contributed by atoms with Crippen LogP contribution in [0, 0.1) is 5.21 Å². The first-order valence-electron chi connectivity index (χ1n) is 7.11. The zero-order valence-electron chi connectivity index (χ0n) is 12.4. The Kier molecular flexibility index (Phi) is 4.94. The van der Waals surface area contributed by atoms with E-state index in [1.807, 2.05) is 0 Å². The molecule has 0 fully saturated rings. The van der Waals surface area contributed by atoms with Crippen LogP contribution in [0.4, 0.5) is 5.69 Å². The summed E-state index contributed by atoms with van der Waals surface area (Å²) in [7, 11) is 0. The van der Waals surface area contributed by atoms with Crippen molar-refractivity contribution in [1.82, 2.24) is 5.06 Å². The highest BCUT2D eigenvalue weighted by Crippen LogP contribution is 2.30. The van der Waals surface area contributed by atoms with Crippen LogP contribution >= 0.6 is 23.2 Å². The Morgan fingerprint density at radius 1 is 1.29 bits per heavy atom. The van der Waals surface area contributed by atoms with E-state index in [9.17, 15) is 10.3 Å². The summed E-state index contributed by atoms with van der Waals surface area (Å²) in [6, 6.07) is 8.10. The molecule has 0 atom stereocenters. The molecule has 1 aliphatic rings. The quantitative estimate of drug-likeness (QED) is 0.639. The summed E-state index contributed by atoms with van der Waals surface area (Å²) < 4.78 is 0.556. The van der Waals surface area contributed by atoms with E-state index in [-0.39, 0.29) is 12.4 Å². The van der Waals surface area contributed by atoms with Crippen molar-refractivity contribution < 1.29 is 14.7 Å². The molecule has 0 amide bonds. The third-order valence-electron chi connectivity index (χ3n) is 3.35. The molecule has 0 bridgehead atoms. The minimum Gasteiger partial charge on any atom is -0.618 e. The lowest BCUT2D eigenvalue weighted by atomic mass is 10.3. The second-order valence-electron chi connectivity index (χ2n) is 5.01. The van der Waals surface area contributed by atoms with E-state index in [0.717, 1.165) is 6.20 Å². The fourth-order valence-electron chi connectivity index (χ4n) is 2.15. The van der Waals surface area contributed by atoms with Gasteiger partial charge in [0.1, 0.15) is 0 Å². The van der Waals surface area contributed by atoms with Crippen LogP contribution in [0.3, 0.4) is 0 Å². The Bertz CT molecular complexity index is 765. The van der Waals surface area contributed by atoms with Gasteiger partial charge in [0.05, 0.1) is 28.8 Å². The molecule has 9 heteroatoms. The number of aromatic nitrogens is 1. The summed E-state index contributed by atoms with van der Waals surface area (Å²) in [5.74, 6) is 0.355. The summed E-state index contributed by atoms with van der Waals surface area (Å²) >= 11 is 12.3. The van der Waals surface area contributed by atoms with Gasteiger partial charge in [0.2, 0.25) is 17.9 Å². The van der Waals surface area contributed by atoms with E-state index in [2.05, 4.69) is 10.3 Å². The van der Waals surface area contributed by atoms with Gasteiger partial charge in [-0.05, 0) is 18.2 Å². The van der Waals surface area contributed by atoms with Gasteiger partial charge in [-0.1, -0.05) is 29.3 Å². The van der Waals surface area contributed by atoms with Gasteiger partial charge in [-0.25, -0.2) is 10.1 Å². The van der Waals surface area contributed by atoms with Crippen LogP contribution < -0.4 is 10.0 Å². The number of para-hydroxylation sites is 1. The minimum absolute atomic E-state index is 0.0285. The highest BCUT2D eigenvalue weighted by molar-refractivity contribution is 6.39. The molecule has 2 heterocycles. The number of rotatable bonds is 4. The third kappa shape index (κ3) is 3.64. The molecule has 0 spiro atoms. The summed E-state index contributed by atoms with van der Waals surface area (Å²) in [5.41, 5.74) is 0.897. The molecule has 2 aromatic rings. The number of hydroxylamine groups is 2. The topological polar surface area (TPSA) is 84.0 Å². The first kappa shape index (κ1) is 16.6. The number of guanidine groups is 1. The van der Waals surface area contributed by atoms with Crippen LogP contribution in [0.25, 0.3) is 0 Å². The molecule has 24 heavy (non-hydrogen) atoms. The van der Waals surface area contributed by atoms with E-state index in [1.165, 1.54) is 17.2 Å². The number of hydrogen-bond donors (Lipinski definition) is 2. The Labute approximate surface area is 148 Å². The Hall–Kier alpha value is -2.22. The first-order chi connectivity index (χ1) is 11.5. The fourth-order valence-corrected chi connectivity index (χ4v) is 2.64. The average molecular weight is 369 g/mol. The van der Waals surface area contributed by atoms with Crippen LogP contribution in [-0.2, 0) is 11.4 Å². The molecule has 1 aliphatic heterocycles. The second-order valence-corrected chi connectivity index (χ2v) is 5.82. The van der Waals surface area contributed by atoms with Crippen molar-refractivity contribution in [3.05, 3.63) is 57.5 Å². The lowest BCUT2D eigenvalue weighted by molar-refractivity contribution is -0.618. The number of nitrogens with one attached hydrogen (secondary N) is 1. The molecule has 126 valence electrons. The summed E-state index contributed by atoms with van der Waals surface area (Å²) in [6.45, 7) is 1.10. The number of halogens is 2. The van der Waals surface area contributed by atoms with Crippen LogP contribution in [0.5, 0.6) is 5.75 Å². The largest absolute Gasteiger partial charge is 0.618 e. The monoisotopic (exact) mass is 368 g/mol. The maximum atomic E-state index is 11.7. The van der Waals surface area contributed by atoms with Crippen molar-refractivity contribution in [2.75, 3.05) is 18.4 Å². The molecule has 3 rings (SSSR count). The normalized spacial score (nSPS) is 13.9. The zero-order chi connectivity index (χ0) is 17.1. The third-order valence-corrected chi connectivity index (χ3v) is 3.98. The molecule has 1 aromatic carbocycles. The summed E-state index contributed by atoms with van der Waals surface area (Å²) in [4.78, 5) is 9.93. The number of aromatic hydroxyl groups is 1. The lowest BCUT2D eigenvalue weighted by Crippen LogP contribution is -2.36. The molecule has 2 N–H and O–H groups in total. The van der Waals surface area contributed by atoms with E-state index < -0.39 is 0 Å². The van der Waals surface area contributed by atoms with Gasteiger partial charge in [0.15, 0.2) is 12.4 Å². The number of nitrogens with zero attached hydrogens (tertiary/aromatic N) is 3. The lowest BCUT2D eigenvalue weighted by Gasteiger charge is -2.20. The summed E-state index contributed by atoms with van der Waals surface area (Å²) in [5, 5.41) is 26.4. The smallest absolute Gasteiger partial charge is 0.223 e. The van der Waals surface area contributed by atoms with Crippen molar-refractivity contribution in [1.29, 1.82) is 0 Å². The number of benzene rings is 1. The minimum atomic E-state index is -0.104. The van der Waals surface area contributed by atoms with Gasteiger partial charge in [-0.2, -0.15) is 4.73 Å². The molecular formula is C15H14Cl2N4O3. The molecule has 0 aliphatic carbocycles. The number of anilines is 1. The van der Waals surface area contributed by atoms with Gasteiger partial charge >= 0.3 is 0 Å². The van der Waals surface area contributed by atoms with Crippen LogP contribution in [0.15, 0.2) is 41.5 Å². The molecular weight excluding hydrogens is 355 g/mol. The van der Waals surface area contributed by atoms with Crippen LogP contribution in [0.2, 0.25) is 10.0 Å². The molecule has 0 unspecified atom stereocenters. The van der Waals surface area contributed by atoms with Crippen LogP contribution in [-0.4, -0.2) is 29.2 Å². The average Bonchev–Trinajstić information content (AvgIpc) is 2.97. The van der Waals surface area contributed by atoms with E-state index >= 15 is 0 Å². The zero-order valence-corrected chi connectivity index (χ0v) is 14.0. The molecule has 0 radical (unpaired) electrons. The van der Waals surface area contributed by atoms with E-state index in [0.29, 0.717) is 45.2 Å². The Morgan fingerprint density at radius 2 is 2.04 bits per heavy atom. The number of aliphatic imine (C=N–C) groups is 1. The highest BCUT2D eigenvalue weighted by atomic mass is 35.5. The van der Waals surface area contributed by atoms with Gasteiger partial charge in [-0.15, -0.1) is 0 Å². The maximum Gasteiger partial charge on any atom is 0.223 e. The van der Waals surface area contributed by atoms with Gasteiger partial charge in [0.25, 0.3) is 0 Å². The van der Waals surface area contributed by atoms with Crippen molar-refractivity contribution in [3.8, 4) is 5.75 Å². The SMILES string of the molecule is [O-][n+]1cc(O)ccc1CON1CCN=C1Nc1c(Cl)cccc1Cl. The van der Waals surface area contributed by atoms with Crippen molar-refractivity contribution >= 4 is 34.8 Å². The van der Waals surface area contributed by atoms with Crippen molar-refractivity contribution in [2.24, 2.45) is 4.99 Å². The Balaban J connectivity index is 1.67. The van der Waals surface area contributed by atoms with Crippen molar-refractivity contribution in [3.63, 3.8) is 0 Å². The predicted octanol–water partition coefficient (Wildman–Crippen LogP) is 2.55. The second kappa shape index (κ2) is 7.12. The standard InChI is InChI=1S/C15H14Cl2N4O3/c16-12-2-1-3-13(17)14(12)19-15-18-6-7-21(15)24-9-10-4-5-11(22)8-20(10)23/h1-5,8,22H,6-7,9H2,(H,18,19). The van der Waals surface area contributed by atoms with Crippen molar-refractivity contribution in [2.45, 2.75) is 6.61 Å². The van der Waals surface area contributed by atoms with E-state index in [1.54, 1.807) is 18.2 Å². The molecule has 0 saturated heterocycles. The van der Waals surface area contributed by atoms with Gasteiger partial charge in [0, 0.05) is 6.07 Å². The first-order valence-corrected chi connectivity index (χ1v) is 7.87. The summed E-state index contributed by atoms with van der Waals surface area (Å²) in [6.07, 6.45) is 1.07. The molecule has 0 saturated carbocycles. The maximum absolute atomic E-state index is 11.7. The molecule has 1 aromatic heterocycles. The Morgan fingerprint density at radius 3 is 2.75 bits per heavy atom. The number of pyridine rings is 1. The fraction of sp³-hybridized carbons (Fsp3) is 0.200. The van der Waals surface area contributed by atoms with Gasteiger partial charge < -0.3 is 15.6 Å². The highest BCUT2D eigenvalue weighted by Gasteiger charge is 2.21. The molecule has 7 nitrogen and oxygen atoms in total. The number of hydrogen-bond acceptors (Lipinski definition) is 6. The van der Waals surface area contributed by atoms with E-state index in [4.69, 9.17) is 28.0 Å². The van der Waals surface area contributed by atoms with Crippen LogP contribution in [0.1, 0.15) is 5.69 Å². The predicted molar refractivity (Wildman–Crippen MR) is 90.9 cm³/mol.